The number of carbonyl (C=O) groups is 2. The number of aryl methyl sites for hydroxylation is 2. The van der Waals surface area contributed by atoms with Crippen LogP contribution >= 0.6 is 11.6 Å². The highest BCUT2D eigenvalue weighted by Gasteiger charge is 2.31. The summed E-state index contributed by atoms with van der Waals surface area (Å²) < 4.78 is 0. The second-order valence-electron chi connectivity index (χ2n) is 9.47. The summed E-state index contributed by atoms with van der Waals surface area (Å²) in [6.07, 6.45) is 0.953. The molecule has 0 radical (unpaired) electrons. The number of piperazine rings is 1. The summed E-state index contributed by atoms with van der Waals surface area (Å²) >= 11 is 6.07. The van der Waals surface area contributed by atoms with Crippen LogP contribution in [0.4, 0.5) is 5.69 Å². The normalized spacial score (nSPS) is 15.8. The van der Waals surface area contributed by atoms with Gasteiger partial charge in [0, 0.05) is 67.7 Å². The molecule has 1 aromatic heterocycles. The third-order valence-electron chi connectivity index (χ3n) is 7.01. The molecule has 0 spiro atoms. The van der Waals surface area contributed by atoms with E-state index in [9.17, 15) is 9.59 Å². The number of nitrogens with one attached hydrogen (secondary N) is 1. The summed E-state index contributed by atoms with van der Waals surface area (Å²) in [5.74, 6) is -0.0353. The van der Waals surface area contributed by atoms with Crippen molar-refractivity contribution in [2.24, 2.45) is 0 Å². The molecule has 2 amide bonds. The molecule has 1 saturated heterocycles. The first kappa shape index (κ1) is 23.4. The number of anilines is 1. The van der Waals surface area contributed by atoms with E-state index in [1.54, 1.807) is 6.07 Å². The standard InChI is InChI=1S/C27H30ClN5O2/c1-18-6-7-19(2)24(14-18)31-10-12-32(13-11-31)27(35)26-22-17-33(9-8-23(22)29-30-26)25(34)16-20-4-3-5-21(28)15-20/h3-7,14-15H,8-13,16-17H2,1-2H3,(H,29,30). The zero-order valence-electron chi connectivity index (χ0n) is 20.2. The van der Waals surface area contributed by atoms with Gasteiger partial charge in [-0.25, -0.2) is 0 Å². The number of hydrogen-bond acceptors (Lipinski definition) is 4. The van der Waals surface area contributed by atoms with Gasteiger partial charge in [0.25, 0.3) is 5.91 Å². The molecule has 0 unspecified atom stereocenters. The molecule has 1 fully saturated rings. The van der Waals surface area contributed by atoms with Crippen LogP contribution in [0.25, 0.3) is 0 Å². The predicted octanol–water partition coefficient (Wildman–Crippen LogP) is 3.77. The number of nitrogens with zero attached hydrogens (tertiary/aromatic N) is 4. The van der Waals surface area contributed by atoms with Crippen molar-refractivity contribution < 1.29 is 9.59 Å². The van der Waals surface area contributed by atoms with Gasteiger partial charge in [0.1, 0.15) is 0 Å². The first-order chi connectivity index (χ1) is 16.9. The van der Waals surface area contributed by atoms with E-state index in [1.807, 2.05) is 28.0 Å². The molecule has 182 valence electrons. The lowest BCUT2D eigenvalue weighted by atomic mass is 10.0. The van der Waals surface area contributed by atoms with Crippen LogP contribution < -0.4 is 4.90 Å². The number of carbonyl (C=O) groups excluding carboxylic acids is 2. The maximum absolute atomic E-state index is 13.4. The molecule has 8 heteroatoms. The Balaban J connectivity index is 1.25. The Morgan fingerprint density at radius 3 is 2.57 bits per heavy atom. The van der Waals surface area contributed by atoms with Gasteiger partial charge in [-0.15, -0.1) is 0 Å². The number of benzene rings is 2. The van der Waals surface area contributed by atoms with E-state index in [2.05, 4.69) is 47.1 Å². The van der Waals surface area contributed by atoms with Gasteiger partial charge in [0.05, 0.1) is 6.42 Å². The molecule has 3 heterocycles. The van der Waals surface area contributed by atoms with Gasteiger partial charge in [-0.3, -0.25) is 14.7 Å². The van der Waals surface area contributed by atoms with E-state index in [4.69, 9.17) is 11.6 Å². The molecular formula is C27H30ClN5O2. The number of amides is 2. The highest BCUT2D eigenvalue weighted by atomic mass is 35.5. The van der Waals surface area contributed by atoms with Gasteiger partial charge in [-0.05, 0) is 48.7 Å². The van der Waals surface area contributed by atoms with Crippen LogP contribution in [0.15, 0.2) is 42.5 Å². The Hall–Kier alpha value is -3.32. The molecule has 2 aliphatic rings. The highest BCUT2D eigenvalue weighted by molar-refractivity contribution is 6.30. The van der Waals surface area contributed by atoms with Gasteiger partial charge in [0.2, 0.25) is 5.91 Å². The minimum atomic E-state index is -0.0627. The van der Waals surface area contributed by atoms with E-state index in [-0.39, 0.29) is 18.2 Å². The molecule has 3 aromatic rings. The largest absolute Gasteiger partial charge is 0.368 e. The monoisotopic (exact) mass is 491 g/mol. The molecular weight excluding hydrogens is 462 g/mol. The molecule has 2 aromatic carbocycles. The highest BCUT2D eigenvalue weighted by Crippen LogP contribution is 2.25. The fraction of sp³-hybridized carbons (Fsp3) is 0.370. The molecule has 2 aliphatic heterocycles. The van der Waals surface area contributed by atoms with Crippen molar-refractivity contribution in [1.29, 1.82) is 0 Å². The van der Waals surface area contributed by atoms with Crippen LogP contribution in [0.1, 0.15) is 38.4 Å². The molecule has 0 aliphatic carbocycles. The lowest BCUT2D eigenvalue weighted by Crippen LogP contribution is -2.49. The Morgan fingerprint density at radius 2 is 1.80 bits per heavy atom. The van der Waals surface area contributed by atoms with Gasteiger partial charge in [0.15, 0.2) is 5.69 Å². The predicted molar refractivity (Wildman–Crippen MR) is 137 cm³/mol. The summed E-state index contributed by atoms with van der Waals surface area (Å²) in [5.41, 5.74) is 6.86. The zero-order chi connectivity index (χ0) is 24.5. The van der Waals surface area contributed by atoms with E-state index >= 15 is 0 Å². The third kappa shape index (κ3) is 4.91. The van der Waals surface area contributed by atoms with Gasteiger partial charge < -0.3 is 14.7 Å². The fourth-order valence-electron chi connectivity index (χ4n) is 4.98. The van der Waals surface area contributed by atoms with Crippen molar-refractivity contribution in [3.8, 4) is 0 Å². The number of halogens is 1. The number of fused-ring (bicyclic) bond motifs is 1. The number of aromatic amines is 1. The van der Waals surface area contributed by atoms with Gasteiger partial charge >= 0.3 is 0 Å². The summed E-state index contributed by atoms with van der Waals surface area (Å²) in [6, 6.07) is 13.9. The number of rotatable bonds is 4. The lowest BCUT2D eigenvalue weighted by Gasteiger charge is -2.37. The van der Waals surface area contributed by atoms with Crippen LogP contribution in [-0.4, -0.2) is 64.5 Å². The lowest BCUT2D eigenvalue weighted by molar-refractivity contribution is -0.131. The van der Waals surface area contributed by atoms with Crippen LogP contribution in [0, 0.1) is 13.8 Å². The number of hydrogen-bond donors (Lipinski definition) is 1. The second-order valence-corrected chi connectivity index (χ2v) is 9.91. The Morgan fingerprint density at radius 1 is 1.00 bits per heavy atom. The molecule has 7 nitrogen and oxygen atoms in total. The summed E-state index contributed by atoms with van der Waals surface area (Å²) in [6.45, 7) is 8.09. The topological polar surface area (TPSA) is 72.5 Å². The van der Waals surface area contributed by atoms with Crippen molar-refractivity contribution in [3.63, 3.8) is 0 Å². The minimum absolute atomic E-state index is 0.0275. The van der Waals surface area contributed by atoms with Gasteiger partial charge in [-0.2, -0.15) is 5.10 Å². The first-order valence-electron chi connectivity index (χ1n) is 12.1. The average molecular weight is 492 g/mol. The van der Waals surface area contributed by atoms with Crippen molar-refractivity contribution in [3.05, 3.63) is 81.1 Å². The summed E-state index contributed by atoms with van der Waals surface area (Å²) in [4.78, 5) is 32.4. The molecule has 35 heavy (non-hydrogen) atoms. The molecule has 0 saturated carbocycles. The Kier molecular flexibility index (Phi) is 6.52. The smallest absolute Gasteiger partial charge is 0.274 e. The Labute approximate surface area is 210 Å². The zero-order valence-corrected chi connectivity index (χ0v) is 20.9. The summed E-state index contributed by atoms with van der Waals surface area (Å²) in [7, 11) is 0. The number of aromatic nitrogens is 2. The van der Waals surface area contributed by atoms with Gasteiger partial charge in [-0.1, -0.05) is 35.9 Å². The maximum Gasteiger partial charge on any atom is 0.274 e. The van der Waals surface area contributed by atoms with Crippen molar-refractivity contribution in [2.75, 3.05) is 37.6 Å². The third-order valence-corrected chi connectivity index (χ3v) is 7.24. The molecule has 0 bridgehead atoms. The second kappa shape index (κ2) is 9.74. The van der Waals surface area contributed by atoms with E-state index in [1.165, 1.54) is 16.8 Å². The molecule has 5 rings (SSSR count). The van der Waals surface area contributed by atoms with Crippen LogP contribution in [0.5, 0.6) is 0 Å². The van der Waals surface area contributed by atoms with E-state index in [0.29, 0.717) is 43.3 Å². The van der Waals surface area contributed by atoms with Crippen LogP contribution in [0.3, 0.4) is 0 Å². The van der Waals surface area contributed by atoms with Crippen molar-refractivity contribution in [2.45, 2.75) is 33.2 Å². The molecule has 0 atom stereocenters. The van der Waals surface area contributed by atoms with E-state index < -0.39 is 0 Å². The van der Waals surface area contributed by atoms with E-state index in [0.717, 1.165) is 29.9 Å². The fourth-order valence-corrected chi connectivity index (χ4v) is 5.19. The van der Waals surface area contributed by atoms with Crippen LogP contribution in [-0.2, 0) is 24.2 Å². The van der Waals surface area contributed by atoms with Crippen molar-refractivity contribution in [1.82, 2.24) is 20.0 Å². The average Bonchev–Trinajstić information content (AvgIpc) is 3.28. The van der Waals surface area contributed by atoms with Crippen molar-refractivity contribution >= 4 is 29.1 Å². The molecule has 1 N–H and O–H groups in total. The first-order valence-corrected chi connectivity index (χ1v) is 12.5. The quantitative estimate of drug-likeness (QED) is 0.603. The maximum atomic E-state index is 13.4. The SMILES string of the molecule is Cc1ccc(C)c(N2CCN(C(=O)c3n[nH]c4c3CN(C(=O)Cc3cccc(Cl)c3)CC4)CC2)c1. The number of H-pyrrole nitrogens is 1. The van der Waals surface area contributed by atoms with Crippen LogP contribution in [0.2, 0.25) is 5.02 Å². The Bertz CT molecular complexity index is 1260. The minimum Gasteiger partial charge on any atom is -0.368 e. The summed E-state index contributed by atoms with van der Waals surface area (Å²) in [5, 5.41) is 8.05.